The zero-order valence-electron chi connectivity index (χ0n) is 19.3. The summed E-state index contributed by atoms with van der Waals surface area (Å²) in [6.07, 6.45) is 0.330. The number of hydrogen-bond acceptors (Lipinski definition) is 5. The molecule has 0 radical (unpaired) electrons. The number of alkyl halides is 2. The van der Waals surface area contributed by atoms with E-state index in [1.54, 1.807) is 35.3 Å². The average molecular weight is 505 g/mol. The predicted octanol–water partition coefficient (Wildman–Crippen LogP) is 5.45. The zero-order valence-corrected chi connectivity index (χ0v) is 19.3. The van der Waals surface area contributed by atoms with E-state index in [0.717, 1.165) is 11.8 Å². The highest BCUT2D eigenvalue weighted by Gasteiger charge is 2.22. The predicted molar refractivity (Wildman–Crippen MR) is 122 cm³/mol. The van der Waals surface area contributed by atoms with E-state index in [-0.39, 0.29) is 11.3 Å². The number of imidazole rings is 1. The second kappa shape index (κ2) is 9.80. The van der Waals surface area contributed by atoms with Crippen LogP contribution < -0.4 is 15.6 Å². The highest BCUT2D eigenvalue weighted by molar-refractivity contribution is 5.64. The summed E-state index contributed by atoms with van der Waals surface area (Å²) in [5.74, 6) is -4.23. The largest absolute Gasteiger partial charge is 0.494 e. The number of halogens is 5. The molecule has 12 heteroatoms. The topological polar surface area (TPSA) is 74.0 Å². The van der Waals surface area contributed by atoms with Crippen molar-refractivity contribution in [2.45, 2.75) is 26.3 Å². The summed E-state index contributed by atoms with van der Waals surface area (Å²) in [4.78, 5) is 17.3. The molecule has 0 aliphatic rings. The molecule has 2 heterocycles. The second-order valence-corrected chi connectivity index (χ2v) is 7.94. The Morgan fingerprint density at radius 2 is 1.75 bits per heavy atom. The molecule has 188 valence electrons. The number of benzene rings is 2. The van der Waals surface area contributed by atoms with Gasteiger partial charge < -0.3 is 14.6 Å². The number of nitrogens with one attached hydrogen (secondary N) is 1. The first-order valence-corrected chi connectivity index (χ1v) is 10.6. The summed E-state index contributed by atoms with van der Waals surface area (Å²) in [5, 5.41) is 6.45. The lowest BCUT2D eigenvalue weighted by molar-refractivity contribution is 0.142. The third-order valence-electron chi connectivity index (χ3n) is 5.48. The van der Waals surface area contributed by atoms with Crippen LogP contribution in [0.15, 0.2) is 53.7 Å². The number of anilines is 2. The third-order valence-corrected chi connectivity index (χ3v) is 5.48. The van der Waals surface area contributed by atoms with Gasteiger partial charge in [0.05, 0.1) is 30.9 Å². The van der Waals surface area contributed by atoms with Crippen LogP contribution in [0.5, 0.6) is 5.75 Å². The van der Waals surface area contributed by atoms with Crippen molar-refractivity contribution >= 4 is 11.4 Å². The molecule has 0 unspecified atom stereocenters. The minimum absolute atomic E-state index is 0.167. The van der Waals surface area contributed by atoms with Crippen molar-refractivity contribution in [1.82, 2.24) is 19.3 Å². The maximum Gasteiger partial charge on any atom is 0.291 e. The van der Waals surface area contributed by atoms with Gasteiger partial charge in [-0.2, -0.15) is 5.10 Å². The first-order valence-electron chi connectivity index (χ1n) is 10.6. The summed E-state index contributed by atoms with van der Waals surface area (Å²) < 4.78 is 75.9. The van der Waals surface area contributed by atoms with Gasteiger partial charge >= 0.3 is 0 Å². The first-order chi connectivity index (χ1) is 17.1. The van der Waals surface area contributed by atoms with Crippen LogP contribution in [0.25, 0.3) is 5.69 Å². The molecule has 0 aliphatic heterocycles. The van der Waals surface area contributed by atoms with Gasteiger partial charge in [0.15, 0.2) is 17.5 Å². The molecule has 0 amide bonds. The van der Waals surface area contributed by atoms with Crippen LogP contribution >= 0.6 is 0 Å². The number of hydrogen-bond donors (Lipinski definition) is 1. The minimum atomic E-state index is -3.05. The number of aromatic nitrogens is 4. The van der Waals surface area contributed by atoms with E-state index in [2.05, 4.69) is 15.4 Å². The minimum Gasteiger partial charge on any atom is -0.494 e. The van der Waals surface area contributed by atoms with Gasteiger partial charge in [-0.1, -0.05) is 0 Å². The van der Waals surface area contributed by atoms with Crippen LogP contribution in [0.2, 0.25) is 0 Å². The van der Waals surface area contributed by atoms with Crippen molar-refractivity contribution in [3.8, 4) is 11.4 Å². The van der Waals surface area contributed by atoms with Crippen LogP contribution in [0, 0.1) is 24.4 Å². The van der Waals surface area contributed by atoms with Crippen LogP contribution in [0.4, 0.5) is 33.3 Å². The average Bonchev–Trinajstić information content (AvgIpc) is 3.28. The number of aryl methyl sites for hydroxylation is 1. The quantitative estimate of drug-likeness (QED) is 0.267. The fraction of sp³-hybridized carbons (Fsp3) is 0.208. The van der Waals surface area contributed by atoms with E-state index in [1.807, 2.05) is 6.92 Å². The smallest absolute Gasteiger partial charge is 0.291 e. The molecule has 1 N–H and O–H groups in total. The maximum absolute atomic E-state index is 13.7. The summed E-state index contributed by atoms with van der Waals surface area (Å²) >= 11 is 0. The molecule has 0 saturated heterocycles. The maximum atomic E-state index is 13.7. The fourth-order valence-electron chi connectivity index (χ4n) is 3.63. The normalized spacial score (nSPS) is 12.1. The molecule has 2 aromatic heterocycles. The van der Waals surface area contributed by atoms with E-state index in [1.165, 1.54) is 14.0 Å². The molecule has 0 saturated carbocycles. The Kier molecular flexibility index (Phi) is 6.77. The van der Waals surface area contributed by atoms with Gasteiger partial charge in [0.2, 0.25) is 0 Å². The van der Waals surface area contributed by atoms with E-state index >= 15 is 0 Å². The molecular formula is C24H20F5N5O2. The van der Waals surface area contributed by atoms with Gasteiger partial charge in [-0.05, 0) is 49.7 Å². The molecule has 0 bridgehead atoms. The molecule has 1 atom stereocenters. The molecule has 4 rings (SSSR count). The lowest BCUT2D eigenvalue weighted by atomic mass is 10.1. The zero-order chi connectivity index (χ0) is 26.1. The van der Waals surface area contributed by atoms with Crippen LogP contribution in [0.1, 0.15) is 36.3 Å². The van der Waals surface area contributed by atoms with Gasteiger partial charge in [0, 0.05) is 18.0 Å². The first kappa shape index (κ1) is 24.9. The standard InChI is InChI=1S/C24H20F5N5O2/c1-12-10-33(11-30-12)20-5-4-15(8-21(20)36-3)31-19-9-18(23(28)29)32-34(24(19)35)13(2)14-6-16(25)22(27)17(26)7-14/h4-11,13,23,31H,1-3H3/t13-/m0/s1. The van der Waals surface area contributed by atoms with Crippen molar-refractivity contribution in [1.29, 1.82) is 0 Å². The van der Waals surface area contributed by atoms with E-state index in [9.17, 15) is 26.7 Å². The summed E-state index contributed by atoms with van der Waals surface area (Å²) in [6, 6.07) is 5.91. The molecule has 0 fully saturated rings. The summed E-state index contributed by atoms with van der Waals surface area (Å²) in [5.41, 5.74) is -0.239. The van der Waals surface area contributed by atoms with Crippen molar-refractivity contribution in [3.63, 3.8) is 0 Å². The van der Waals surface area contributed by atoms with Crippen molar-refractivity contribution in [3.05, 3.63) is 93.7 Å². The Morgan fingerprint density at radius 3 is 2.33 bits per heavy atom. The van der Waals surface area contributed by atoms with Gasteiger partial charge in [-0.15, -0.1) is 0 Å². The Morgan fingerprint density at radius 1 is 1.06 bits per heavy atom. The van der Waals surface area contributed by atoms with E-state index in [0.29, 0.717) is 33.9 Å². The monoisotopic (exact) mass is 505 g/mol. The molecule has 7 nitrogen and oxygen atoms in total. The van der Waals surface area contributed by atoms with Gasteiger partial charge in [-0.3, -0.25) is 4.79 Å². The van der Waals surface area contributed by atoms with Gasteiger partial charge in [0.1, 0.15) is 17.1 Å². The van der Waals surface area contributed by atoms with Crippen molar-refractivity contribution in [2.24, 2.45) is 0 Å². The third kappa shape index (κ3) is 4.79. The number of ether oxygens (including phenoxy) is 1. The van der Waals surface area contributed by atoms with Gasteiger partial charge in [0.25, 0.3) is 12.0 Å². The SMILES string of the molecule is COc1cc(Nc2cc(C(F)F)nn([C@@H](C)c3cc(F)c(F)c(F)c3)c2=O)ccc1-n1cnc(C)c1. The lowest BCUT2D eigenvalue weighted by Crippen LogP contribution is -2.29. The fourth-order valence-corrected chi connectivity index (χ4v) is 3.63. The van der Waals surface area contributed by atoms with Crippen molar-refractivity contribution < 1.29 is 26.7 Å². The number of nitrogens with zero attached hydrogens (tertiary/aromatic N) is 4. The second-order valence-electron chi connectivity index (χ2n) is 7.94. The lowest BCUT2D eigenvalue weighted by Gasteiger charge is -2.18. The van der Waals surface area contributed by atoms with Crippen molar-refractivity contribution in [2.75, 3.05) is 12.4 Å². The summed E-state index contributed by atoms with van der Waals surface area (Å²) in [6.45, 7) is 3.15. The van der Waals surface area contributed by atoms with E-state index < -0.39 is 41.2 Å². The number of methoxy groups -OCH3 is 1. The van der Waals surface area contributed by atoms with Crippen LogP contribution in [-0.4, -0.2) is 26.4 Å². The Bertz CT molecular complexity index is 1460. The Hall–Kier alpha value is -4.22. The summed E-state index contributed by atoms with van der Waals surface area (Å²) in [7, 11) is 1.45. The number of rotatable bonds is 7. The highest BCUT2D eigenvalue weighted by Crippen LogP contribution is 2.29. The molecule has 36 heavy (non-hydrogen) atoms. The highest BCUT2D eigenvalue weighted by atomic mass is 19.3. The molecule has 4 aromatic rings. The Balaban J connectivity index is 1.75. The molecular weight excluding hydrogens is 485 g/mol. The van der Waals surface area contributed by atoms with E-state index in [4.69, 9.17) is 4.74 Å². The Labute approximate surface area is 201 Å². The molecule has 0 spiro atoms. The molecule has 2 aromatic carbocycles. The van der Waals surface area contributed by atoms with Crippen LogP contribution in [-0.2, 0) is 0 Å². The molecule has 0 aliphatic carbocycles. The van der Waals surface area contributed by atoms with Gasteiger partial charge in [-0.25, -0.2) is 31.6 Å². The van der Waals surface area contributed by atoms with Crippen LogP contribution in [0.3, 0.4) is 0 Å².